The quantitative estimate of drug-likeness (QED) is 0.851. The Hall–Kier alpha value is -1.95. The van der Waals surface area contributed by atoms with Gasteiger partial charge in [-0.2, -0.15) is 0 Å². The van der Waals surface area contributed by atoms with Crippen molar-refractivity contribution in [1.82, 2.24) is 4.90 Å². The number of ether oxygens (including phenoxy) is 4. The zero-order chi connectivity index (χ0) is 16.3. The Labute approximate surface area is 130 Å². The number of carbonyl (C=O) groups is 1. The smallest absolute Gasteiger partial charge is 0.254 e. The molecule has 0 saturated carbocycles. The Balaban J connectivity index is 2.33. The molecule has 6 nitrogen and oxygen atoms in total. The second-order valence-corrected chi connectivity index (χ2v) is 5.38. The highest BCUT2D eigenvalue weighted by Crippen LogP contribution is 2.38. The molecule has 0 spiro atoms. The number of nitrogens with zero attached hydrogens (tertiary/aromatic N) is 1. The van der Waals surface area contributed by atoms with Crippen LogP contribution in [-0.4, -0.2) is 57.4 Å². The molecule has 1 amide bonds. The number of rotatable bonds is 4. The lowest BCUT2D eigenvalue weighted by Crippen LogP contribution is -2.48. The first-order valence-electron chi connectivity index (χ1n) is 7.24. The molecular formula is C16H23NO5. The summed E-state index contributed by atoms with van der Waals surface area (Å²) in [5, 5.41) is 0. The molecule has 2 rings (SSSR count). The zero-order valence-electron chi connectivity index (χ0n) is 13.7. The summed E-state index contributed by atoms with van der Waals surface area (Å²) in [4.78, 5) is 14.5. The summed E-state index contributed by atoms with van der Waals surface area (Å²) in [6, 6.07) is 3.35. The van der Waals surface area contributed by atoms with Crippen molar-refractivity contribution >= 4 is 5.91 Å². The SMILES string of the molecule is COc1cc(C(=O)N2C[C@@H](C)O[C@H](C)C2)cc(OC)c1OC. The highest BCUT2D eigenvalue weighted by molar-refractivity contribution is 5.95. The van der Waals surface area contributed by atoms with E-state index in [-0.39, 0.29) is 18.1 Å². The molecule has 2 atom stereocenters. The highest BCUT2D eigenvalue weighted by Gasteiger charge is 2.28. The lowest BCUT2D eigenvalue weighted by molar-refractivity contribution is -0.0586. The second-order valence-electron chi connectivity index (χ2n) is 5.38. The van der Waals surface area contributed by atoms with Gasteiger partial charge in [0.15, 0.2) is 11.5 Å². The van der Waals surface area contributed by atoms with Gasteiger partial charge in [-0.1, -0.05) is 0 Å². The molecule has 1 aromatic carbocycles. The third-order valence-electron chi connectivity index (χ3n) is 3.62. The van der Waals surface area contributed by atoms with E-state index in [9.17, 15) is 4.79 Å². The molecule has 0 N–H and O–H groups in total. The zero-order valence-corrected chi connectivity index (χ0v) is 13.7. The molecule has 1 aliphatic heterocycles. The van der Waals surface area contributed by atoms with E-state index in [1.165, 1.54) is 21.3 Å². The predicted octanol–water partition coefficient (Wildman–Crippen LogP) is 1.96. The van der Waals surface area contributed by atoms with Gasteiger partial charge in [-0.15, -0.1) is 0 Å². The number of carbonyl (C=O) groups excluding carboxylic acids is 1. The van der Waals surface area contributed by atoms with Crippen molar-refractivity contribution in [2.45, 2.75) is 26.1 Å². The fraction of sp³-hybridized carbons (Fsp3) is 0.562. The Morgan fingerprint density at radius 3 is 1.95 bits per heavy atom. The molecule has 1 saturated heterocycles. The Morgan fingerprint density at radius 1 is 1.05 bits per heavy atom. The highest BCUT2D eigenvalue weighted by atomic mass is 16.5. The van der Waals surface area contributed by atoms with E-state index >= 15 is 0 Å². The molecule has 0 bridgehead atoms. The van der Waals surface area contributed by atoms with Gasteiger partial charge >= 0.3 is 0 Å². The van der Waals surface area contributed by atoms with Gasteiger partial charge in [0.25, 0.3) is 5.91 Å². The maximum Gasteiger partial charge on any atom is 0.254 e. The van der Waals surface area contributed by atoms with E-state index in [1.54, 1.807) is 17.0 Å². The molecule has 1 fully saturated rings. The molecule has 122 valence electrons. The van der Waals surface area contributed by atoms with Gasteiger partial charge in [0.1, 0.15) is 0 Å². The summed E-state index contributed by atoms with van der Waals surface area (Å²) < 4.78 is 21.5. The molecule has 0 aromatic heterocycles. The van der Waals surface area contributed by atoms with Gasteiger partial charge in [0, 0.05) is 18.7 Å². The number of benzene rings is 1. The summed E-state index contributed by atoms with van der Waals surface area (Å²) in [5.41, 5.74) is 0.510. The van der Waals surface area contributed by atoms with Gasteiger partial charge in [0.2, 0.25) is 5.75 Å². The summed E-state index contributed by atoms with van der Waals surface area (Å²) >= 11 is 0. The topological polar surface area (TPSA) is 57.2 Å². The maximum atomic E-state index is 12.7. The van der Waals surface area contributed by atoms with Gasteiger partial charge < -0.3 is 23.8 Å². The number of methoxy groups -OCH3 is 3. The fourth-order valence-electron chi connectivity index (χ4n) is 2.73. The average molecular weight is 309 g/mol. The first-order valence-corrected chi connectivity index (χ1v) is 7.24. The van der Waals surface area contributed by atoms with E-state index in [2.05, 4.69) is 0 Å². The van der Waals surface area contributed by atoms with Crippen LogP contribution in [0.5, 0.6) is 17.2 Å². The minimum absolute atomic E-state index is 0.0229. The molecule has 1 aromatic rings. The van der Waals surface area contributed by atoms with Crippen LogP contribution in [0.1, 0.15) is 24.2 Å². The molecule has 22 heavy (non-hydrogen) atoms. The molecule has 1 heterocycles. The molecule has 6 heteroatoms. The molecule has 0 radical (unpaired) electrons. The van der Waals surface area contributed by atoms with Gasteiger partial charge in [-0.25, -0.2) is 0 Å². The van der Waals surface area contributed by atoms with Crippen LogP contribution in [0.4, 0.5) is 0 Å². The van der Waals surface area contributed by atoms with Crippen LogP contribution in [0.3, 0.4) is 0 Å². The molecule has 0 aliphatic carbocycles. The normalized spacial score (nSPS) is 21.4. The number of morpholine rings is 1. The van der Waals surface area contributed by atoms with Crippen molar-refractivity contribution in [3.8, 4) is 17.2 Å². The third kappa shape index (κ3) is 3.27. The minimum atomic E-state index is -0.0683. The predicted molar refractivity (Wildman–Crippen MR) is 82.0 cm³/mol. The number of amides is 1. The van der Waals surface area contributed by atoms with E-state index in [0.29, 0.717) is 35.9 Å². The Morgan fingerprint density at radius 2 is 1.55 bits per heavy atom. The number of hydrogen-bond acceptors (Lipinski definition) is 5. The average Bonchev–Trinajstić information content (AvgIpc) is 2.51. The van der Waals surface area contributed by atoms with Crippen molar-refractivity contribution in [3.63, 3.8) is 0 Å². The van der Waals surface area contributed by atoms with Crippen LogP contribution < -0.4 is 14.2 Å². The standard InChI is InChI=1S/C16H23NO5/c1-10-8-17(9-11(2)22-10)16(18)12-6-13(19-3)15(21-5)14(7-12)20-4/h6-7,10-11H,8-9H2,1-5H3/t10-,11-/m1/s1. The first kappa shape index (κ1) is 16.4. The van der Waals surface area contributed by atoms with E-state index in [1.807, 2.05) is 13.8 Å². The van der Waals surface area contributed by atoms with E-state index in [0.717, 1.165) is 0 Å². The fourth-order valence-corrected chi connectivity index (χ4v) is 2.73. The monoisotopic (exact) mass is 309 g/mol. The summed E-state index contributed by atoms with van der Waals surface area (Å²) in [7, 11) is 4.60. The lowest BCUT2D eigenvalue weighted by atomic mass is 10.1. The largest absolute Gasteiger partial charge is 0.493 e. The Kier molecular flexibility index (Phi) is 5.13. The van der Waals surface area contributed by atoms with Crippen LogP contribution in [0.15, 0.2) is 12.1 Å². The van der Waals surface area contributed by atoms with Crippen molar-refractivity contribution in [3.05, 3.63) is 17.7 Å². The van der Waals surface area contributed by atoms with Crippen molar-refractivity contribution in [2.24, 2.45) is 0 Å². The summed E-state index contributed by atoms with van der Waals surface area (Å²) in [6.45, 7) is 5.07. The van der Waals surface area contributed by atoms with Crippen molar-refractivity contribution in [2.75, 3.05) is 34.4 Å². The molecular weight excluding hydrogens is 286 g/mol. The Bertz CT molecular complexity index is 510. The molecule has 1 aliphatic rings. The third-order valence-corrected chi connectivity index (χ3v) is 3.62. The minimum Gasteiger partial charge on any atom is -0.493 e. The maximum absolute atomic E-state index is 12.7. The van der Waals surface area contributed by atoms with Crippen LogP contribution in [0, 0.1) is 0 Å². The van der Waals surface area contributed by atoms with Gasteiger partial charge in [0.05, 0.1) is 33.5 Å². The summed E-state index contributed by atoms with van der Waals surface area (Å²) in [5.74, 6) is 1.35. The van der Waals surface area contributed by atoms with E-state index in [4.69, 9.17) is 18.9 Å². The van der Waals surface area contributed by atoms with Crippen LogP contribution in [0.2, 0.25) is 0 Å². The first-order chi connectivity index (χ1) is 10.5. The van der Waals surface area contributed by atoms with Crippen molar-refractivity contribution < 1.29 is 23.7 Å². The number of hydrogen-bond donors (Lipinski definition) is 0. The molecule has 0 unspecified atom stereocenters. The van der Waals surface area contributed by atoms with E-state index < -0.39 is 0 Å². The van der Waals surface area contributed by atoms with Crippen LogP contribution >= 0.6 is 0 Å². The van der Waals surface area contributed by atoms with Crippen LogP contribution in [0.25, 0.3) is 0 Å². The van der Waals surface area contributed by atoms with Crippen LogP contribution in [-0.2, 0) is 4.74 Å². The summed E-state index contributed by atoms with van der Waals surface area (Å²) in [6.07, 6.45) is 0.0458. The van der Waals surface area contributed by atoms with Crippen molar-refractivity contribution in [1.29, 1.82) is 0 Å². The lowest BCUT2D eigenvalue weighted by Gasteiger charge is -2.35. The van der Waals surface area contributed by atoms with Gasteiger partial charge in [-0.05, 0) is 26.0 Å². The second kappa shape index (κ2) is 6.87. The van der Waals surface area contributed by atoms with Gasteiger partial charge in [-0.3, -0.25) is 4.79 Å².